The molecular weight excluding hydrogens is 494 g/mol. The zero-order chi connectivity index (χ0) is 23.3. The van der Waals surface area contributed by atoms with Crippen LogP contribution >= 0.6 is 27.3 Å². The summed E-state index contributed by atoms with van der Waals surface area (Å²) in [5.74, 6) is -0.196. The second kappa shape index (κ2) is 8.36. The number of carbonyl (C=O) groups excluding carboxylic acids is 1. The van der Waals surface area contributed by atoms with Crippen molar-refractivity contribution in [3.8, 4) is 11.3 Å². The van der Waals surface area contributed by atoms with E-state index in [4.69, 9.17) is 4.98 Å². The predicted molar refractivity (Wildman–Crippen MR) is 141 cm³/mol. The molecule has 2 aromatic heterocycles. The van der Waals surface area contributed by atoms with E-state index in [1.165, 1.54) is 33.6 Å². The number of amides is 1. The van der Waals surface area contributed by atoms with Crippen molar-refractivity contribution in [2.24, 2.45) is 0 Å². The Balaban J connectivity index is 1.60. The van der Waals surface area contributed by atoms with Gasteiger partial charge in [0.2, 0.25) is 0 Å². The van der Waals surface area contributed by atoms with Gasteiger partial charge in [-0.25, -0.2) is 9.97 Å². The Bertz CT molecular complexity index is 1530. The van der Waals surface area contributed by atoms with Crippen molar-refractivity contribution < 1.29 is 4.79 Å². The molecule has 0 aliphatic heterocycles. The van der Waals surface area contributed by atoms with Crippen molar-refractivity contribution in [3.63, 3.8) is 0 Å². The highest BCUT2D eigenvalue weighted by Crippen LogP contribution is 2.31. The number of nitrogens with zero attached hydrogens (tertiary/aromatic N) is 2. The fraction of sp³-hybridized carbons (Fsp3) is 0.148. The molecular formula is C27H22BrN3OS. The van der Waals surface area contributed by atoms with Crippen LogP contribution in [0.3, 0.4) is 0 Å². The monoisotopic (exact) mass is 515 g/mol. The first kappa shape index (κ1) is 21.7. The van der Waals surface area contributed by atoms with Gasteiger partial charge in [0.1, 0.15) is 0 Å². The van der Waals surface area contributed by atoms with Crippen molar-refractivity contribution in [1.82, 2.24) is 9.97 Å². The molecule has 33 heavy (non-hydrogen) atoms. The van der Waals surface area contributed by atoms with Gasteiger partial charge in [-0.2, -0.15) is 0 Å². The lowest BCUT2D eigenvalue weighted by Gasteiger charge is -2.11. The molecule has 1 amide bonds. The van der Waals surface area contributed by atoms with Crippen LogP contribution in [0.15, 0.2) is 59.1 Å². The van der Waals surface area contributed by atoms with Crippen molar-refractivity contribution in [2.45, 2.75) is 27.7 Å². The second-order valence-electron chi connectivity index (χ2n) is 8.39. The average molecular weight is 516 g/mol. The first-order chi connectivity index (χ1) is 15.8. The minimum atomic E-state index is -0.196. The Morgan fingerprint density at radius 1 is 0.818 bits per heavy atom. The molecule has 4 nitrogen and oxygen atoms in total. The van der Waals surface area contributed by atoms with Crippen LogP contribution in [0, 0.1) is 27.7 Å². The van der Waals surface area contributed by atoms with Crippen LogP contribution in [0.5, 0.6) is 0 Å². The second-order valence-corrected chi connectivity index (χ2v) is 10.3. The van der Waals surface area contributed by atoms with Crippen LogP contribution in [-0.4, -0.2) is 15.9 Å². The molecule has 5 rings (SSSR count). The lowest BCUT2D eigenvalue weighted by molar-refractivity contribution is 0.102. The minimum Gasteiger partial charge on any atom is -0.298 e. The lowest BCUT2D eigenvalue weighted by atomic mass is 10.0. The third kappa shape index (κ3) is 4.16. The van der Waals surface area contributed by atoms with E-state index < -0.39 is 0 Å². The number of hydrogen-bond acceptors (Lipinski definition) is 4. The number of rotatable bonds is 3. The van der Waals surface area contributed by atoms with Gasteiger partial charge in [-0.15, -0.1) is 0 Å². The molecule has 2 heterocycles. The maximum absolute atomic E-state index is 13.5. The van der Waals surface area contributed by atoms with Gasteiger partial charge in [0, 0.05) is 15.4 Å². The number of halogens is 1. The topological polar surface area (TPSA) is 54.9 Å². The van der Waals surface area contributed by atoms with Gasteiger partial charge < -0.3 is 0 Å². The van der Waals surface area contributed by atoms with Crippen molar-refractivity contribution in [1.29, 1.82) is 0 Å². The fourth-order valence-corrected chi connectivity index (χ4v) is 5.13. The molecule has 0 atom stereocenters. The number of thiazole rings is 1. The van der Waals surface area contributed by atoms with E-state index in [-0.39, 0.29) is 5.91 Å². The zero-order valence-electron chi connectivity index (χ0n) is 18.8. The molecule has 0 fully saturated rings. The molecule has 0 aliphatic carbocycles. The summed E-state index contributed by atoms with van der Waals surface area (Å²) in [4.78, 5) is 23.0. The van der Waals surface area contributed by atoms with E-state index in [1.54, 1.807) is 0 Å². The Kier molecular flexibility index (Phi) is 5.51. The third-order valence-corrected chi connectivity index (χ3v) is 7.47. The normalized spacial score (nSPS) is 11.3. The van der Waals surface area contributed by atoms with Gasteiger partial charge in [-0.05, 0) is 92.4 Å². The summed E-state index contributed by atoms with van der Waals surface area (Å²) < 4.78 is 1.96. The lowest BCUT2D eigenvalue weighted by Crippen LogP contribution is -2.13. The van der Waals surface area contributed by atoms with E-state index in [1.807, 2.05) is 24.3 Å². The first-order valence-corrected chi connectivity index (χ1v) is 12.3. The SMILES string of the molecule is Cc1ccc(-c2cc(C(=O)Nc3nc4cc(C)c(C)cc4s3)c3cc(Br)ccc3n2)cc1C. The summed E-state index contributed by atoms with van der Waals surface area (Å²) in [5, 5.41) is 4.41. The minimum absolute atomic E-state index is 0.196. The van der Waals surface area contributed by atoms with Gasteiger partial charge in [-0.3, -0.25) is 10.1 Å². The summed E-state index contributed by atoms with van der Waals surface area (Å²) in [6.07, 6.45) is 0. The number of aryl methyl sites for hydroxylation is 4. The zero-order valence-corrected chi connectivity index (χ0v) is 21.2. The molecule has 0 unspecified atom stereocenters. The molecule has 3 aromatic carbocycles. The van der Waals surface area contributed by atoms with Crippen molar-refractivity contribution in [2.75, 3.05) is 5.32 Å². The molecule has 0 aliphatic rings. The fourth-order valence-electron chi connectivity index (χ4n) is 3.83. The Labute approximate surface area is 204 Å². The number of aromatic nitrogens is 2. The molecule has 5 aromatic rings. The van der Waals surface area contributed by atoms with Crippen LogP contribution < -0.4 is 5.32 Å². The quantitative estimate of drug-likeness (QED) is 0.267. The molecule has 1 N–H and O–H groups in total. The van der Waals surface area contributed by atoms with Crippen LogP contribution in [0.25, 0.3) is 32.4 Å². The van der Waals surface area contributed by atoms with Crippen LogP contribution in [0.1, 0.15) is 32.6 Å². The predicted octanol–water partition coefficient (Wildman–Crippen LogP) is 7.76. The molecule has 0 saturated heterocycles. The van der Waals surface area contributed by atoms with E-state index in [9.17, 15) is 4.79 Å². The standard InChI is InChI=1S/C27H22BrN3OS/c1-14-5-6-18(9-15(14)2)23-13-21(20-12-19(28)7-8-22(20)29-23)26(32)31-27-30-24-10-16(3)17(4)11-25(24)33-27/h5-13H,1-4H3,(H,30,31,32). The molecule has 0 bridgehead atoms. The Morgan fingerprint density at radius 3 is 2.36 bits per heavy atom. The van der Waals surface area contributed by atoms with E-state index >= 15 is 0 Å². The molecule has 164 valence electrons. The largest absolute Gasteiger partial charge is 0.298 e. The number of fused-ring (bicyclic) bond motifs is 2. The van der Waals surface area contributed by atoms with Crippen LogP contribution in [0.2, 0.25) is 0 Å². The summed E-state index contributed by atoms with van der Waals surface area (Å²) >= 11 is 5.02. The smallest absolute Gasteiger partial charge is 0.258 e. The number of hydrogen-bond donors (Lipinski definition) is 1. The highest BCUT2D eigenvalue weighted by Gasteiger charge is 2.17. The maximum atomic E-state index is 13.5. The molecule has 0 spiro atoms. The van der Waals surface area contributed by atoms with Crippen molar-refractivity contribution >= 4 is 59.4 Å². The Morgan fingerprint density at radius 2 is 1.58 bits per heavy atom. The number of benzene rings is 3. The molecule has 0 saturated carbocycles. The van der Waals surface area contributed by atoms with E-state index in [0.717, 1.165) is 36.8 Å². The molecule has 6 heteroatoms. The van der Waals surface area contributed by atoms with Gasteiger partial charge in [-0.1, -0.05) is 39.4 Å². The highest BCUT2D eigenvalue weighted by atomic mass is 79.9. The van der Waals surface area contributed by atoms with E-state index in [2.05, 4.69) is 84.3 Å². The Hall–Kier alpha value is -3.09. The third-order valence-electron chi connectivity index (χ3n) is 6.04. The van der Waals surface area contributed by atoms with Gasteiger partial charge in [0.15, 0.2) is 5.13 Å². The number of pyridine rings is 1. The highest BCUT2D eigenvalue weighted by molar-refractivity contribution is 9.10. The van der Waals surface area contributed by atoms with Gasteiger partial charge >= 0.3 is 0 Å². The maximum Gasteiger partial charge on any atom is 0.258 e. The summed E-state index contributed by atoms with van der Waals surface area (Å²) in [6, 6.07) is 18.1. The summed E-state index contributed by atoms with van der Waals surface area (Å²) in [7, 11) is 0. The first-order valence-electron chi connectivity index (χ1n) is 10.7. The average Bonchev–Trinajstić information content (AvgIpc) is 3.15. The summed E-state index contributed by atoms with van der Waals surface area (Å²) in [5.41, 5.74) is 8.82. The van der Waals surface area contributed by atoms with Crippen molar-refractivity contribution in [3.05, 3.63) is 86.9 Å². The summed E-state index contributed by atoms with van der Waals surface area (Å²) in [6.45, 7) is 8.33. The van der Waals surface area contributed by atoms with Crippen LogP contribution in [0.4, 0.5) is 5.13 Å². The van der Waals surface area contributed by atoms with E-state index in [0.29, 0.717) is 10.7 Å². The molecule has 0 radical (unpaired) electrons. The number of anilines is 1. The van der Waals surface area contributed by atoms with Gasteiger partial charge in [0.25, 0.3) is 5.91 Å². The number of nitrogens with one attached hydrogen (secondary N) is 1. The van der Waals surface area contributed by atoms with Crippen LogP contribution in [-0.2, 0) is 0 Å². The van der Waals surface area contributed by atoms with Gasteiger partial charge in [0.05, 0.1) is 27.0 Å². The number of carbonyl (C=O) groups is 1.